The standard InChI is InChI=1S/C19H24N2/c1-19(15-20,13-11-16-7-3-2-4-8-16)21-14-12-17-9-5-6-10-18(17)21/h2-10H,11-15,20H2,1H3. The van der Waals surface area contributed by atoms with Crippen LogP contribution in [0.5, 0.6) is 0 Å². The van der Waals surface area contributed by atoms with Crippen molar-refractivity contribution in [1.82, 2.24) is 0 Å². The van der Waals surface area contributed by atoms with E-state index in [0.29, 0.717) is 6.54 Å². The topological polar surface area (TPSA) is 29.3 Å². The summed E-state index contributed by atoms with van der Waals surface area (Å²) < 4.78 is 0. The van der Waals surface area contributed by atoms with Gasteiger partial charge in [-0.3, -0.25) is 0 Å². The Balaban J connectivity index is 1.78. The SMILES string of the molecule is CC(CN)(CCc1ccccc1)N1CCc2ccccc21. The predicted octanol–water partition coefficient (Wildman–Crippen LogP) is 3.40. The Bertz CT molecular complexity index is 594. The molecular formula is C19H24N2. The summed E-state index contributed by atoms with van der Waals surface area (Å²) in [5.41, 5.74) is 10.4. The zero-order valence-electron chi connectivity index (χ0n) is 12.8. The van der Waals surface area contributed by atoms with E-state index in [-0.39, 0.29) is 5.54 Å². The maximum Gasteiger partial charge on any atom is 0.0499 e. The summed E-state index contributed by atoms with van der Waals surface area (Å²) in [6.07, 6.45) is 3.30. The van der Waals surface area contributed by atoms with Gasteiger partial charge in [0.25, 0.3) is 0 Å². The summed E-state index contributed by atoms with van der Waals surface area (Å²) in [4.78, 5) is 2.52. The van der Waals surface area contributed by atoms with Crippen molar-refractivity contribution in [3.8, 4) is 0 Å². The Morgan fingerprint density at radius 2 is 1.76 bits per heavy atom. The van der Waals surface area contributed by atoms with Crippen molar-refractivity contribution in [2.24, 2.45) is 5.73 Å². The molecule has 2 heteroatoms. The van der Waals surface area contributed by atoms with Crippen LogP contribution in [0.4, 0.5) is 5.69 Å². The summed E-state index contributed by atoms with van der Waals surface area (Å²) in [6.45, 7) is 4.08. The molecule has 0 aliphatic carbocycles. The first-order valence-electron chi connectivity index (χ1n) is 7.82. The average Bonchev–Trinajstić information content (AvgIpc) is 2.98. The number of benzene rings is 2. The van der Waals surface area contributed by atoms with E-state index in [1.54, 1.807) is 0 Å². The average molecular weight is 280 g/mol. The zero-order valence-corrected chi connectivity index (χ0v) is 12.8. The normalized spacial score (nSPS) is 16.6. The minimum absolute atomic E-state index is 0.0302. The van der Waals surface area contributed by atoms with E-state index in [1.807, 2.05) is 0 Å². The van der Waals surface area contributed by atoms with Crippen molar-refractivity contribution in [3.05, 3.63) is 65.7 Å². The molecule has 2 N–H and O–H groups in total. The molecule has 110 valence electrons. The number of hydrogen-bond donors (Lipinski definition) is 1. The first-order valence-corrected chi connectivity index (χ1v) is 7.82. The van der Waals surface area contributed by atoms with Crippen molar-refractivity contribution < 1.29 is 0 Å². The van der Waals surface area contributed by atoms with Gasteiger partial charge in [-0.15, -0.1) is 0 Å². The number of para-hydroxylation sites is 1. The molecular weight excluding hydrogens is 256 g/mol. The number of anilines is 1. The molecule has 0 saturated carbocycles. The van der Waals surface area contributed by atoms with Gasteiger partial charge in [-0.05, 0) is 43.4 Å². The molecule has 0 aromatic heterocycles. The van der Waals surface area contributed by atoms with E-state index in [9.17, 15) is 0 Å². The number of nitrogens with zero attached hydrogens (tertiary/aromatic N) is 1. The maximum absolute atomic E-state index is 6.17. The molecule has 21 heavy (non-hydrogen) atoms. The molecule has 1 aliphatic rings. The highest BCUT2D eigenvalue weighted by Gasteiger charge is 2.34. The summed E-state index contributed by atoms with van der Waals surface area (Å²) >= 11 is 0. The molecule has 1 atom stereocenters. The monoisotopic (exact) mass is 280 g/mol. The lowest BCUT2D eigenvalue weighted by molar-refractivity contribution is 0.408. The van der Waals surface area contributed by atoms with Gasteiger partial charge in [0.05, 0.1) is 0 Å². The minimum Gasteiger partial charge on any atom is -0.364 e. The third kappa shape index (κ3) is 2.81. The molecule has 0 saturated heterocycles. The van der Waals surface area contributed by atoms with Crippen molar-refractivity contribution in [2.45, 2.75) is 31.7 Å². The smallest absolute Gasteiger partial charge is 0.0499 e. The number of hydrogen-bond acceptors (Lipinski definition) is 2. The van der Waals surface area contributed by atoms with E-state index in [0.717, 1.165) is 25.8 Å². The molecule has 2 aromatic rings. The second kappa shape index (κ2) is 5.90. The first-order chi connectivity index (χ1) is 10.2. The van der Waals surface area contributed by atoms with Gasteiger partial charge in [-0.1, -0.05) is 48.5 Å². The fraction of sp³-hybridized carbons (Fsp3) is 0.368. The van der Waals surface area contributed by atoms with Gasteiger partial charge >= 0.3 is 0 Å². The Morgan fingerprint density at radius 1 is 1.05 bits per heavy atom. The van der Waals surface area contributed by atoms with Crippen molar-refractivity contribution in [3.63, 3.8) is 0 Å². The molecule has 2 aromatic carbocycles. The largest absolute Gasteiger partial charge is 0.364 e. The van der Waals surface area contributed by atoms with Crippen LogP contribution in [0, 0.1) is 0 Å². The molecule has 1 aliphatic heterocycles. The Morgan fingerprint density at radius 3 is 2.52 bits per heavy atom. The van der Waals surface area contributed by atoms with Crippen LogP contribution in [-0.2, 0) is 12.8 Å². The molecule has 0 radical (unpaired) electrons. The highest BCUT2D eigenvalue weighted by Crippen LogP contribution is 2.35. The lowest BCUT2D eigenvalue weighted by Gasteiger charge is -2.40. The second-order valence-corrected chi connectivity index (χ2v) is 6.22. The zero-order chi connectivity index (χ0) is 14.7. The van der Waals surface area contributed by atoms with Gasteiger partial charge in [0, 0.05) is 24.3 Å². The Hall–Kier alpha value is -1.80. The number of nitrogens with two attached hydrogens (primary N) is 1. The highest BCUT2D eigenvalue weighted by atomic mass is 15.2. The summed E-state index contributed by atoms with van der Waals surface area (Å²) in [5.74, 6) is 0. The van der Waals surface area contributed by atoms with Crippen LogP contribution >= 0.6 is 0 Å². The van der Waals surface area contributed by atoms with Crippen molar-refractivity contribution >= 4 is 5.69 Å². The highest BCUT2D eigenvalue weighted by molar-refractivity contribution is 5.59. The number of fused-ring (bicyclic) bond motifs is 1. The molecule has 3 rings (SSSR count). The fourth-order valence-corrected chi connectivity index (χ4v) is 3.30. The lowest BCUT2D eigenvalue weighted by Crippen LogP contribution is -2.51. The van der Waals surface area contributed by atoms with Crippen LogP contribution in [-0.4, -0.2) is 18.6 Å². The number of aryl methyl sites for hydroxylation is 1. The lowest BCUT2D eigenvalue weighted by atomic mass is 9.91. The van der Waals surface area contributed by atoms with Gasteiger partial charge < -0.3 is 10.6 Å². The van der Waals surface area contributed by atoms with Crippen LogP contribution in [0.25, 0.3) is 0 Å². The first kappa shape index (κ1) is 14.2. The second-order valence-electron chi connectivity index (χ2n) is 6.22. The third-order valence-corrected chi connectivity index (χ3v) is 4.77. The minimum atomic E-state index is 0.0302. The van der Waals surface area contributed by atoms with Crippen LogP contribution in [0.1, 0.15) is 24.5 Å². The van der Waals surface area contributed by atoms with Gasteiger partial charge in [0.1, 0.15) is 0 Å². The molecule has 0 fully saturated rings. The van der Waals surface area contributed by atoms with Gasteiger partial charge in [0.15, 0.2) is 0 Å². The van der Waals surface area contributed by atoms with Gasteiger partial charge in [-0.25, -0.2) is 0 Å². The summed E-state index contributed by atoms with van der Waals surface area (Å²) in [5, 5.41) is 0. The summed E-state index contributed by atoms with van der Waals surface area (Å²) in [6, 6.07) is 19.4. The van der Waals surface area contributed by atoms with E-state index in [4.69, 9.17) is 5.73 Å². The Labute approximate surface area is 127 Å². The van der Waals surface area contributed by atoms with E-state index >= 15 is 0 Å². The van der Waals surface area contributed by atoms with Crippen LogP contribution in [0.3, 0.4) is 0 Å². The predicted molar refractivity (Wildman–Crippen MR) is 89.7 cm³/mol. The fourth-order valence-electron chi connectivity index (χ4n) is 3.30. The molecule has 1 heterocycles. The van der Waals surface area contributed by atoms with Crippen molar-refractivity contribution in [2.75, 3.05) is 18.0 Å². The van der Waals surface area contributed by atoms with Crippen LogP contribution in [0.2, 0.25) is 0 Å². The van der Waals surface area contributed by atoms with E-state index < -0.39 is 0 Å². The summed E-state index contributed by atoms with van der Waals surface area (Å²) in [7, 11) is 0. The Kier molecular flexibility index (Phi) is 3.98. The molecule has 0 bridgehead atoms. The maximum atomic E-state index is 6.17. The van der Waals surface area contributed by atoms with E-state index in [2.05, 4.69) is 66.4 Å². The van der Waals surface area contributed by atoms with Crippen molar-refractivity contribution in [1.29, 1.82) is 0 Å². The molecule has 0 spiro atoms. The van der Waals surface area contributed by atoms with Crippen LogP contribution < -0.4 is 10.6 Å². The van der Waals surface area contributed by atoms with Crippen LogP contribution in [0.15, 0.2) is 54.6 Å². The molecule has 2 nitrogen and oxygen atoms in total. The number of rotatable bonds is 5. The third-order valence-electron chi connectivity index (χ3n) is 4.77. The van der Waals surface area contributed by atoms with Gasteiger partial charge in [0.2, 0.25) is 0 Å². The molecule has 0 amide bonds. The quantitative estimate of drug-likeness (QED) is 0.909. The van der Waals surface area contributed by atoms with Gasteiger partial charge in [-0.2, -0.15) is 0 Å². The van der Waals surface area contributed by atoms with E-state index in [1.165, 1.54) is 16.8 Å². The molecule has 1 unspecified atom stereocenters.